The SMILES string of the molecule is CCCCOc1cccc(C2C(=C(O)c3ccc(C)cc3)C(=O)C(=O)N2Cc2cccnc2)c1. The third kappa shape index (κ3) is 4.86. The summed E-state index contributed by atoms with van der Waals surface area (Å²) in [6.45, 7) is 4.81. The smallest absolute Gasteiger partial charge is 0.295 e. The van der Waals surface area contributed by atoms with Crippen molar-refractivity contribution in [2.24, 2.45) is 0 Å². The first-order valence-electron chi connectivity index (χ1n) is 11.5. The number of amides is 1. The first-order chi connectivity index (χ1) is 16.5. The highest BCUT2D eigenvalue weighted by Gasteiger charge is 2.46. The Balaban J connectivity index is 1.80. The highest BCUT2D eigenvalue weighted by Crippen LogP contribution is 2.41. The van der Waals surface area contributed by atoms with Crippen molar-refractivity contribution in [3.63, 3.8) is 0 Å². The Bertz CT molecular complexity index is 1200. The van der Waals surface area contributed by atoms with Crippen molar-refractivity contribution in [2.75, 3.05) is 6.61 Å². The van der Waals surface area contributed by atoms with E-state index in [0.717, 1.165) is 24.0 Å². The maximum absolute atomic E-state index is 13.2. The zero-order valence-electron chi connectivity index (χ0n) is 19.4. The summed E-state index contributed by atoms with van der Waals surface area (Å²) in [6.07, 6.45) is 5.27. The van der Waals surface area contributed by atoms with E-state index in [4.69, 9.17) is 4.74 Å². The molecule has 1 atom stereocenters. The van der Waals surface area contributed by atoms with E-state index in [0.29, 0.717) is 23.5 Å². The van der Waals surface area contributed by atoms with Crippen LogP contribution in [0.3, 0.4) is 0 Å². The van der Waals surface area contributed by atoms with Crippen LogP contribution in [0.5, 0.6) is 5.75 Å². The van der Waals surface area contributed by atoms with Crippen molar-refractivity contribution in [2.45, 2.75) is 39.3 Å². The van der Waals surface area contributed by atoms with E-state index in [1.807, 2.05) is 49.4 Å². The first kappa shape index (κ1) is 23.2. The van der Waals surface area contributed by atoms with Crippen LogP contribution in [-0.4, -0.2) is 33.3 Å². The molecule has 0 spiro atoms. The molecule has 0 radical (unpaired) electrons. The van der Waals surface area contributed by atoms with Gasteiger partial charge in [-0.3, -0.25) is 14.6 Å². The molecule has 1 saturated heterocycles. The third-order valence-corrected chi connectivity index (χ3v) is 5.88. The van der Waals surface area contributed by atoms with Gasteiger partial charge in [0.25, 0.3) is 11.7 Å². The van der Waals surface area contributed by atoms with Crippen molar-refractivity contribution in [3.8, 4) is 5.75 Å². The molecule has 1 unspecified atom stereocenters. The van der Waals surface area contributed by atoms with E-state index in [1.54, 1.807) is 30.6 Å². The van der Waals surface area contributed by atoms with E-state index in [-0.39, 0.29) is 17.9 Å². The summed E-state index contributed by atoms with van der Waals surface area (Å²) in [4.78, 5) is 32.0. The third-order valence-electron chi connectivity index (χ3n) is 5.88. The molecule has 3 aromatic rings. The lowest BCUT2D eigenvalue weighted by Crippen LogP contribution is -2.29. The van der Waals surface area contributed by atoms with Crippen molar-refractivity contribution in [1.82, 2.24) is 9.88 Å². The molecule has 1 amide bonds. The summed E-state index contributed by atoms with van der Waals surface area (Å²) in [6, 6.07) is 17.5. The molecular weight excluding hydrogens is 428 g/mol. The van der Waals surface area contributed by atoms with Crippen LogP contribution in [0.4, 0.5) is 0 Å². The molecule has 0 bridgehead atoms. The van der Waals surface area contributed by atoms with E-state index in [9.17, 15) is 14.7 Å². The van der Waals surface area contributed by atoms with Gasteiger partial charge < -0.3 is 14.7 Å². The molecule has 174 valence electrons. The van der Waals surface area contributed by atoms with Crippen molar-refractivity contribution >= 4 is 17.4 Å². The largest absolute Gasteiger partial charge is 0.507 e. The van der Waals surface area contributed by atoms with Gasteiger partial charge in [0.2, 0.25) is 0 Å². The molecule has 1 aliphatic heterocycles. The Morgan fingerprint density at radius 1 is 1.09 bits per heavy atom. The molecule has 0 saturated carbocycles. The number of ketones is 1. The van der Waals surface area contributed by atoms with Crippen LogP contribution in [0, 0.1) is 6.92 Å². The minimum atomic E-state index is -0.753. The van der Waals surface area contributed by atoms with E-state index in [2.05, 4.69) is 11.9 Å². The maximum Gasteiger partial charge on any atom is 0.295 e. The average Bonchev–Trinajstić information content (AvgIpc) is 3.10. The fraction of sp³-hybridized carbons (Fsp3) is 0.250. The predicted octanol–water partition coefficient (Wildman–Crippen LogP) is 5.19. The molecule has 1 N–H and O–H groups in total. The Labute approximate surface area is 199 Å². The second-order valence-corrected chi connectivity index (χ2v) is 8.43. The van der Waals surface area contributed by atoms with Gasteiger partial charge in [-0.15, -0.1) is 0 Å². The highest BCUT2D eigenvalue weighted by atomic mass is 16.5. The second-order valence-electron chi connectivity index (χ2n) is 8.43. The number of aryl methyl sites for hydroxylation is 1. The number of unbranched alkanes of at least 4 members (excludes halogenated alkanes) is 1. The molecule has 1 fully saturated rings. The van der Waals surface area contributed by atoms with Crippen LogP contribution >= 0.6 is 0 Å². The zero-order valence-corrected chi connectivity index (χ0v) is 19.4. The minimum absolute atomic E-state index is 0.0726. The lowest BCUT2D eigenvalue weighted by Gasteiger charge is -2.25. The molecule has 2 aromatic carbocycles. The molecule has 34 heavy (non-hydrogen) atoms. The molecule has 1 aromatic heterocycles. The molecular formula is C28H28N2O4. The Kier molecular flexibility index (Phi) is 7.07. The number of benzene rings is 2. The van der Waals surface area contributed by atoms with Crippen molar-refractivity contribution < 1.29 is 19.4 Å². The normalized spacial score (nSPS) is 17.2. The topological polar surface area (TPSA) is 79.7 Å². The van der Waals surface area contributed by atoms with Gasteiger partial charge in [-0.05, 0) is 42.7 Å². The quantitative estimate of drug-likeness (QED) is 0.218. The summed E-state index contributed by atoms with van der Waals surface area (Å²) in [5.41, 5.74) is 3.08. The van der Waals surface area contributed by atoms with Crippen LogP contribution in [0.15, 0.2) is 78.6 Å². The highest BCUT2D eigenvalue weighted by molar-refractivity contribution is 6.46. The number of hydrogen-bond donors (Lipinski definition) is 1. The molecule has 0 aliphatic carbocycles. The fourth-order valence-electron chi connectivity index (χ4n) is 4.05. The Morgan fingerprint density at radius 3 is 2.59 bits per heavy atom. The standard InChI is InChI=1S/C28H28N2O4/c1-3-4-15-34-23-9-5-8-22(16-23)25-24(26(31)21-12-10-19(2)11-13-21)27(32)28(33)30(25)18-20-7-6-14-29-17-20/h5-14,16-17,25,31H,3-4,15,18H2,1-2H3. The van der Waals surface area contributed by atoms with Gasteiger partial charge in [0.1, 0.15) is 11.5 Å². The van der Waals surface area contributed by atoms with Gasteiger partial charge >= 0.3 is 0 Å². The number of hydrogen-bond acceptors (Lipinski definition) is 5. The van der Waals surface area contributed by atoms with Gasteiger partial charge in [-0.25, -0.2) is 0 Å². The number of aromatic nitrogens is 1. The van der Waals surface area contributed by atoms with Crippen LogP contribution in [0.25, 0.3) is 5.76 Å². The van der Waals surface area contributed by atoms with Crippen LogP contribution < -0.4 is 4.74 Å². The molecule has 2 heterocycles. The number of nitrogens with zero attached hydrogens (tertiary/aromatic N) is 2. The van der Waals surface area contributed by atoms with Crippen molar-refractivity contribution in [1.29, 1.82) is 0 Å². The minimum Gasteiger partial charge on any atom is -0.507 e. The van der Waals surface area contributed by atoms with Crippen LogP contribution in [0.2, 0.25) is 0 Å². The van der Waals surface area contributed by atoms with Gasteiger partial charge in [0, 0.05) is 24.5 Å². The zero-order chi connectivity index (χ0) is 24.1. The van der Waals surface area contributed by atoms with Crippen LogP contribution in [0.1, 0.15) is 48.1 Å². The summed E-state index contributed by atoms with van der Waals surface area (Å²) in [5.74, 6) is -0.883. The number of carbonyl (C=O) groups is 2. The van der Waals surface area contributed by atoms with Crippen LogP contribution in [-0.2, 0) is 16.1 Å². The summed E-state index contributed by atoms with van der Waals surface area (Å²) in [5, 5.41) is 11.2. The Hall–Kier alpha value is -3.93. The number of pyridine rings is 1. The molecule has 6 nitrogen and oxygen atoms in total. The molecule has 1 aliphatic rings. The van der Waals surface area contributed by atoms with Crippen molar-refractivity contribution in [3.05, 3.63) is 101 Å². The van der Waals surface area contributed by atoms with Gasteiger partial charge in [-0.1, -0.05) is 61.4 Å². The lowest BCUT2D eigenvalue weighted by molar-refractivity contribution is -0.140. The number of likely N-dealkylation sites (tertiary alicyclic amines) is 1. The number of Topliss-reactive ketones (excluding diaryl/α,β-unsaturated/α-hetero) is 1. The lowest BCUT2D eigenvalue weighted by atomic mass is 9.94. The van der Waals surface area contributed by atoms with E-state index in [1.165, 1.54) is 4.90 Å². The summed E-state index contributed by atoms with van der Waals surface area (Å²) in [7, 11) is 0. The number of carbonyl (C=O) groups excluding carboxylic acids is 2. The monoisotopic (exact) mass is 456 g/mol. The van der Waals surface area contributed by atoms with E-state index >= 15 is 0 Å². The molecule has 4 rings (SSSR count). The first-order valence-corrected chi connectivity index (χ1v) is 11.5. The van der Waals surface area contributed by atoms with Gasteiger partial charge in [0.15, 0.2) is 0 Å². The summed E-state index contributed by atoms with van der Waals surface area (Å²) < 4.78 is 5.87. The van der Waals surface area contributed by atoms with E-state index < -0.39 is 17.7 Å². The summed E-state index contributed by atoms with van der Waals surface area (Å²) >= 11 is 0. The number of rotatable bonds is 8. The predicted molar refractivity (Wildman–Crippen MR) is 130 cm³/mol. The molecule has 6 heteroatoms. The Morgan fingerprint density at radius 2 is 1.88 bits per heavy atom. The number of aliphatic hydroxyl groups is 1. The van der Waals surface area contributed by atoms with Gasteiger partial charge in [0.05, 0.1) is 18.2 Å². The second kappa shape index (κ2) is 10.3. The fourth-order valence-corrected chi connectivity index (χ4v) is 4.05. The van der Waals surface area contributed by atoms with Gasteiger partial charge in [-0.2, -0.15) is 0 Å². The number of aliphatic hydroxyl groups excluding tert-OH is 1. The maximum atomic E-state index is 13.2. The number of ether oxygens (including phenoxy) is 1. The average molecular weight is 457 g/mol.